The summed E-state index contributed by atoms with van der Waals surface area (Å²) < 4.78 is 2.21. The fourth-order valence-electron chi connectivity index (χ4n) is 4.11. The van der Waals surface area contributed by atoms with Crippen molar-refractivity contribution in [1.29, 1.82) is 0 Å². The van der Waals surface area contributed by atoms with Crippen molar-refractivity contribution in [3.05, 3.63) is 41.5 Å². The fourth-order valence-corrected chi connectivity index (χ4v) is 4.11. The minimum atomic E-state index is -0.127. The number of rotatable bonds is 3. The molecule has 1 aromatic heterocycles. The van der Waals surface area contributed by atoms with E-state index < -0.39 is 0 Å². The number of nitrogens with one attached hydrogen (secondary N) is 1. The fraction of sp³-hybridized carbons (Fsp3) is 0.500. The lowest BCUT2D eigenvalue weighted by atomic mass is 10.1. The van der Waals surface area contributed by atoms with Gasteiger partial charge in [0.25, 0.3) is 5.91 Å². The number of likely N-dealkylation sites (tertiary alicyclic amines) is 1. The van der Waals surface area contributed by atoms with Crippen molar-refractivity contribution in [3.8, 4) is 0 Å². The van der Waals surface area contributed by atoms with E-state index in [1.165, 1.54) is 13.3 Å². The molecule has 0 radical (unpaired) electrons. The van der Waals surface area contributed by atoms with E-state index >= 15 is 0 Å². The summed E-state index contributed by atoms with van der Waals surface area (Å²) in [6.45, 7) is 4.54. The molecular formula is C20H26N6O2. The van der Waals surface area contributed by atoms with E-state index in [0.29, 0.717) is 36.8 Å². The van der Waals surface area contributed by atoms with Gasteiger partial charge in [-0.3, -0.25) is 14.5 Å². The molecule has 1 unspecified atom stereocenters. The highest BCUT2D eigenvalue weighted by Crippen LogP contribution is 2.30. The first kappa shape index (κ1) is 18.6. The van der Waals surface area contributed by atoms with Gasteiger partial charge in [-0.1, -0.05) is 0 Å². The van der Waals surface area contributed by atoms with Crippen molar-refractivity contribution in [1.82, 2.24) is 24.6 Å². The SMILES string of the molecule is CC(=O)Nc1ccc(C(=O)N2CCc3nnc(C4CCCN4C)n3CC2)cc1. The quantitative estimate of drug-likeness (QED) is 0.874. The average Bonchev–Trinajstić information content (AvgIpc) is 3.21. The van der Waals surface area contributed by atoms with Crippen LogP contribution in [-0.4, -0.2) is 63.1 Å². The summed E-state index contributed by atoms with van der Waals surface area (Å²) in [4.78, 5) is 28.3. The summed E-state index contributed by atoms with van der Waals surface area (Å²) in [7, 11) is 2.14. The molecule has 148 valence electrons. The minimum absolute atomic E-state index is 0.00706. The van der Waals surface area contributed by atoms with Gasteiger partial charge >= 0.3 is 0 Å². The Labute approximate surface area is 164 Å². The predicted molar refractivity (Wildman–Crippen MR) is 105 cm³/mol. The molecule has 1 fully saturated rings. The maximum Gasteiger partial charge on any atom is 0.253 e. The molecule has 8 heteroatoms. The van der Waals surface area contributed by atoms with Gasteiger partial charge in [-0.15, -0.1) is 10.2 Å². The van der Waals surface area contributed by atoms with Crippen LogP contribution < -0.4 is 5.32 Å². The number of aromatic nitrogens is 3. The van der Waals surface area contributed by atoms with Crippen LogP contribution >= 0.6 is 0 Å². The molecular weight excluding hydrogens is 356 g/mol. The second-order valence-corrected chi connectivity index (χ2v) is 7.57. The summed E-state index contributed by atoms with van der Waals surface area (Å²) in [6, 6.07) is 7.37. The van der Waals surface area contributed by atoms with Gasteiger partial charge in [0.15, 0.2) is 0 Å². The third-order valence-electron chi connectivity index (χ3n) is 5.61. The largest absolute Gasteiger partial charge is 0.336 e. The van der Waals surface area contributed by atoms with Crippen LogP contribution in [-0.2, 0) is 17.8 Å². The Balaban J connectivity index is 1.46. The van der Waals surface area contributed by atoms with Crippen LogP contribution in [0.25, 0.3) is 0 Å². The molecule has 0 aliphatic carbocycles. The van der Waals surface area contributed by atoms with Crippen molar-refractivity contribution in [2.75, 3.05) is 32.0 Å². The lowest BCUT2D eigenvalue weighted by Gasteiger charge is -2.22. The molecule has 0 spiro atoms. The Hall–Kier alpha value is -2.74. The molecule has 1 saturated heterocycles. The van der Waals surface area contributed by atoms with Gasteiger partial charge in [-0.2, -0.15) is 0 Å². The number of carbonyl (C=O) groups is 2. The molecule has 2 aliphatic rings. The summed E-state index contributed by atoms with van der Waals surface area (Å²) in [6.07, 6.45) is 3.00. The summed E-state index contributed by atoms with van der Waals surface area (Å²) in [5, 5.41) is 11.6. The molecule has 0 bridgehead atoms. The Bertz CT molecular complexity index is 875. The van der Waals surface area contributed by atoms with Gasteiger partial charge in [0.05, 0.1) is 6.04 Å². The maximum atomic E-state index is 12.9. The Kier molecular flexibility index (Phi) is 5.13. The minimum Gasteiger partial charge on any atom is -0.336 e. The molecule has 2 aromatic rings. The maximum absolute atomic E-state index is 12.9. The zero-order valence-corrected chi connectivity index (χ0v) is 16.4. The standard InChI is InChI=1S/C20H26N6O2/c1-14(27)21-16-7-5-15(6-8-16)20(28)25-11-9-18-22-23-19(26(18)13-12-25)17-4-3-10-24(17)2/h5-8,17H,3-4,9-13H2,1-2H3,(H,21,27). The number of carbonyl (C=O) groups excluding carboxylic acids is 2. The topological polar surface area (TPSA) is 83.4 Å². The number of fused-ring (bicyclic) bond motifs is 1. The molecule has 1 atom stereocenters. The highest BCUT2D eigenvalue weighted by molar-refractivity contribution is 5.95. The predicted octanol–water partition coefficient (Wildman–Crippen LogP) is 1.70. The lowest BCUT2D eigenvalue weighted by Crippen LogP contribution is -2.34. The van der Waals surface area contributed by atoms with E-state index in [0.717, 1.165) is 31.2 Å². The van der Waals surface area contributed by atoms with Gasteiger partial charge < -0.3 is 14.8 Å². The van der Waals surface area contributed by atoms with Crippen LogP contribution in [0.3, 0.4) is 0 Å². The normalized spacial score (nSPS) is 19.9. The highest BCUT2D eigenvalue weighted by Gasteiger charge is 2.30. The molecule has 28 heavy (non-hydrogen) atoms. The molecule has 2 amide bonds. The van der Waals surface area contributed by atoms with E-state index in [1.54, 1.807) is 24.3 Å². The smallest absolute Gasteiger partial charge is 0.253 e. The van der Waals surface area contributed by atoms with Gasteiger partial charge in [0.1, 0.15) is 11.6 Å². The van der Waals surface area contributed by atoms with Crippen LogP contribution in [0.2, 0.25) is 0 Å². The van der Waals surface area contributed by atoms with Crippen molar-refractivity contribution in [3.63, 3.8) is 0 Å². The monoisotopic (exact) mass is 382 g/mol. The Morgan fingerprint density at radius 3 is 2.54 bits per heavy atom. The first-order valence-electron chi connectivity index (χ1n) is 9.82. The molecule has 4 rings (SSSR count). The third-order valence-corrected chi connectivity index (χ3v) is 5.61. The molecule has 1 aromatic carbocycles. The van der Waals surface area contributed by atoms with Crippen molar-refractivity contribution in [2.45, 2.75) is 38.8 Å². The van der Waals surface area contributed by atoms with Gasteiger partial charge in [-0.25, -0.2) is 0 Å². The molecule has 0 saturated carbocycles. The summed E-state index contributed by atoms with van der Waals surface area (Å²) in [5.74, 6) is 1.88. The highest BCUT2D eigenvalue weighted by atomic mass is 16.2. The second kappa shape index (κ2) is 7.71. The summed E-state index contributed by atoms with van der Waals surface area (Å²) >= 11 is 0. The van der Waals surface area contributed by atoms with Gasteiger partial charge in [-0.05, 0) is 50.7 Å². The summed E-state index contributed by atoms with van der Waals surface area (Å²) in [5.41, 5.74) is 1.32. The van der Waals surface area contributed by atoms with Crippen LogP contribution in [0, 0.1) is 0 Å². The van der Waals surface area contributed by atoms with Crippen molar-refractivity contribution >= 4 is 17.5 Å². The van der Waals surface area contributed by atoms with Crippen LogP contribution in [0.15, 0.2) is 24.3 Å². The number of amides is 2. The van der Waals surface area contributed by atoms with E-state index in [4.69, 9.17) is 0 Å². The number of benzene rings is 1. The second-order valence-electron chi connectivity index (χ2n) is 7.57. The van der Waals surface area contributed by atoms with Crippen molar-refractivity contribution < 1.29 is 9.59 Å². The van der Waals surface area contributed by atoms with Crippen LogP contribution in [0.5, 0.6) is 0 Å². The average molecular weight is 382 g/mol. The number of nitrogens with zero attached hydrogens (tertiary/aromatic N) is 5. The van der Waals surface area contributed by atoms with E-state index in [9.17, 15) is 9.59 Å². The van der Waals surface area contributed by atoms with E-state index in [1.807, 2.05) is 4.90 Å². The van der Waals surface area contributed by atoms with Gasteiger partial charge in [0, 0.05) is 44.2 Å². The lowest BCUT2D eigenvalue weighted by molar-refractivity contribution is -0.114. The zero-order chi connectivity index (χ0) is 19.7. The molecule has 2 aliphatic heterocycles. The third kappa shape index (κ3) is 3.64. The Morgan fingerprint density at radius 1 is 1.07 bits per heavy atom. The molecule has 3 heterocycles. The van der Waals surface area contributed by atoms with Crippen LogP contribution in [0.1, 0.15) is 47.8 Å². The first-order valence-corrected chi connectivity index (χ1v) is 9.82. The van der Waals surface area contributed by atoms with E-state index in [-0.39, 0.29) is 11.8 Å². The molecule has 1 N–H and O–H groups in total. The van der Waals surface area contributed by atoms with Crippen LogP contribution in [0.4, 0.5) is 5.69 Å². The van der Waals surface area contributed by atoms with E-state index in [2.05, 4.69) is 32.0 Å². The first-order chi connectivity index (χ1) is 13.5. The number of hydrogen-bond donors (Lipinski definition) is 1. The van der Waals surface area contributed by atoms with Crippen molar-refractivity contribution in [2.24, 2.45) is 0 Å². The number of hydrogen-bond acceptors (Lipinski definition) is 5. The zero-order valence-electron chi connectivity index (χ0n) is 16.4. The van der Waals surface area contributed by atoms with Gasteiger partial charge in [0.2, 0.25) is 5.91 Å². The Morgan fingerprint density at radius 2 is 1.86 bits per heavy atom. The molecule has 8 nitrogen and oxygen atoms in total. The number of anilines is 1.